The molecule has 2 aliphatic rings. The van der Waals surface area contributed by atoms with Gasteiger partial charge in [-0.25, -0.2) is 0 Å². The highest BCUT2D eigenvalue weighted by Crippen LogP contribution is 2.58. The summed E-state index contributed by atoms with van der Waals surface area (Å²) in [4.78, 5) is 18.6. The predicted molar refractivity (Wildman–Crippen MR) is 270 cm³/mol. The highest BCUT2D eigenvalue weighted by atomic mass is 16.3. The molecule has 1 aliphatic carbocycles. The molecule has 13 rings (SSSR count). The molecule has 9 aromatic carbocycles. The fourth-order valence-corrected chi connectivity index (χ4v) is 10.7. The maximum absolute atomic E-state index is 13.7. The highest BCUT2D eigenvalue weighted by molar-refractivity contribution is 6.23. The minimum atomic E-state index is -0.409. The van der Waals surface area contributed by atoms with Crippen molar-refractivity contribution in [1.82, 2.24) is 0 Å². The lowest BCUT2D eigenvalue weighted by Crippen LogP contribution is -2.31. The molecule has 11 aromatic rings. The van der Waals surface area contributed by atoms with E-state index in [9.17, 15) is 4.79 Å². The van der Waals surface area contributed by atoms with Crippen molar-refractivity contribution in [1.29, 1.82) is 0 Å². The minimum Gasteiger partial charge on any atom is -0.456 e. The molecule has 0 amide bonds. The quantitative estimate of drug-likeness (QED) is 0.162. The normalized spacial score (nSPS) is 14.4. The zero-order valence-electron chi connectivity index (χ0n) is 36.0. The van der Waals surface area contributed by atoms with Crippen molar-refractivity contribution in [3.05, 3.63) is 221 Å². The molecule has 3 heterocycles. The van der Waals surface area contributed by atoms with Gasteiger partial charge in [-0.15, -0.1) is 0 Å². The number of benzene rings is 9. The van der Waals surface area contributed by atoms with Gasteiger partial charge in [0.1, 0.15) is 22.3 Å². The van der Waals surface area contributed by atoms with Gasteiger partial charge in [0.2, 0.25) is 5.43 Å². The Labute approximate surface area is 375 Å². The van der Waals surface area contributed by atoms with Crippen LogP contribution >= 0.6 is 0 Å². The van der Waals surface area contributed by atoms with Crippen molar-refractivity contribution in [3.63, 3.8) is 0 Å². The standard InChI is InChI=1S/C60H42N2O3/c1-60(2)49-34-40(61(38-17-5-3-6-18-38)39-19-7-4-8-20-39)30-32-51(49)62(52-36-56-48(35-50(52)60)41-21-13-15-27-53(41)64-56)58-44-24-11-9-22-42(44)57(43-23-10-12-25-45(43)58)37-29-31-47-55(33-37)65-54-28-16-14-26-46(54)59(47)63/h3,5-7,9-36H,4,8H2,1-2H3. The second kappa shape index (κ2) is 14.2. The molecule has 0 radical (unpaired) electrons. The van der Waals surface area contributed by atoms with Crippen LogP contribution in [-0.2, 0) is 5.41 Å². The van der Waals surface area contributed by atoms with Gasteiger partial charge in [0.25, 0.3) is 0 Å². The van der Waals surface area contributed by atoms with Crippen LogP contribution in [0.4, 0.5) is 28.4 Å². The van der Waals surface area contributed by atoms with Crippen LogP contribution in [-0.4, -0.2) is 0 Å². The fraction of sp³-hybridized carbons (Fsp3) is 0.0833. The molecule has 1 aliphatic heterocycles. The maximum Gasteiger partial charge on any atom is 0.200 e. The Morgan fingerprint density at radius 1 is 0.492 bits per heavy atom. The average Bonchev–Trinajstić information content (AvgIpc) is 3.72. The maximum atomic E-state index is 13.7. The van der Waals surface area contributed by atoms with Crippen LogP contribution in [0.25, 0.3) is 76.5 Å². The second-order valence-electron chi connectivity index (χ2n) is 17.9. The topological polar surface area (TPSA) is 49.8 Å². The Balaban J connectivity index is 1.10. The molecule has 0 N–H and O–H groups in total. The van der Waals surface area contributed by atoms with E-state index < -0.39 is 5.41 Å². The molecule has 0 atom stereocenters. The Morgan fingerprint density at radius 3 is 1.80 bits per heavy atom. The lowest BCUT2D eigenvalue weighted by atomic mass is 9.72. The molecule has 310 valence electrons. The number of hydrogen-bond acceptors (Lipinski definition) is 5. The van der Waals surface area contributed by atoms with Gasteiger partial charge in [-0.05, 0) is 119 Å². The smallest absolute Gasteiger partial charge is 0.200 e. The van der Waals surface area contributed by atoms with Crippen molar-refractivity contribution in [3.8, 4) is 11.1 Å². The fourth-order valence-electron chi connectivity index (χ4n) is 10.7. The Morgan fingerprint density at radius 2 is 1.09 bits per heavy atom. The van der Waals surface area contributed by atoms with E-state index in [-0.39, 0.29) is 5.43 Å². The first-order valence-electron chi connectivity index (χ1n) is 22.4. The Kier molecular flexibility index (Phi) is 8.16. The summed E-state index contributed by atoms with van der Waals surface area (Å²) in [5, 5.41) is 7.79. The van der Waals surface area contributed by atoms with E-state index in [1.165, 1.54) is 16.8 Å². The monoisotopic (exact) mass is 838 g/mol. The van der Waals surface area contributed by atoms with Gasteiger partial charge < -0.3 is 18.6 Å². The lowest BCUT2D eigenvalue weighted by Gasteiger charge is -2.43. The third-order valence-corrected chi connectivity index (χ3v) is 13.8. The van der Waals surface area contributed by atoms with Gasteiger partial charge in [0, 0.05) is 50.1 Å². The zero-order chi connectivity index (χ0) is 43.4. The van der Waals surface area contributed by atoms with Crippen LogP contribution in [0.5, 0.6) is 0 Å². The Hall–Kier alpha value is -8.15. The first kappa shape index (κ1) is 37.4. The molecule has 0 saturated carbocycles. The van der Waals surface area contributed by atoms with Crippen LogP contribution in [0, 0.1) is 0 Å². The van der Waals surface area contributed by atoms with Gasteiger partial charge in [-0.3, -0.25) is 4.79 Å². The van der Waals surface area contributed by atoms with Crippen molar-refractivity contribution < 1.29 is 8.83 Å². The van der Waals surface area contributed by atoms with Gasteiger partial charge in [-0.1, -0.05) is 129 Å². The van der Waals surface area contributed by atoms with Gasteiger partial charge in [-0.2, -0.15) is 0 Å². The summed E-state index contributed by atoms with van der Waals surface area (Å²) in [6.45, 7) is 4.74. The number of nitrogens with zero attached hydrogens (tertiary/aromatic N) is 2. The molecule has 5 nitrogen and oxygen atoms in total. The van der Waals surface area contributed by atoms with Crippen molar-refractivity contribution in [2.45, 2.75) is 32.1 Å². The van der Waals surface area contributed by atoms with Crippen LogP contribution in [0.15, 0.2) is 213 Å². The number of allylic oxidation sites excluding steroid dienone is 3. The van der Waals surface area contributed by atoms with E-state index in [1.54, 1.807) is 0 Å². The third kappa shape index (κ3) is 5.61. The van der Waals surface area contributed by atoms with E-state index in [0.717, 1.165) is 95.9 Å². The van der Waals surface area contributed by atoms with E-state index in [0.29, 0.717) is 21.9 Å². The largest absolute Gasteiger partial charge is 0.456 e. The van der Waals surface area contributed by atoms with Crippen molar-refractivity contribution in [2.75, 3.05) is 9.80 Å². The summed E-state index contributed by atoms with van der Waals surface area (Å²) in [5.41, 5.74) is 13.7. The number of anilines is 5. The van der Waals surface area contributed by atoms with Crippen molar-refractivity contribution >= 4 is 93.9 Å². The van der Waals surface area contributed by atoms with E-state index in [4.69, 9.17) is 8.83 Å². The molecule has 0 bridgehead atoms. The van der Waals surface area contributed by atoms with Crippen LogP contribution in [0.2, 0.25) is 0 Å². The van der Waals surface area contributed by atoms with Gasteiger partial charge in [0.05, 0.1) is 27.8 Å². The van der Waals surface area contributed by atoms with E-state index in [1.807, 2.05) is 42.5 Å². The predicted octanol–water partition coefficient (Wildman–Crippen LogP) is 16.3. The summed E-state index contributed by atoms with van der Waals surface area (Å²) in [6, 6.07) is 61.7. The van der Waals surface area contributed by atoms with E-state index >= 15 is 0 Å². The van der Waals surface area contributed by atoms with Crippen LogP contribution in [0.1, 0.15) is 37.8 Å². The molecular formula is C60H42N2O3. The first-order valence-corrected chi connectivity index (χ1v) is 22.4. The van der Waals surface area contributed by atoms with Crippen molar-refractivity contribution in [2.24, 2.45) is 0 Å². The molecular weight excluding hydrogens is 797 g/mol. The van der Waals surface area contributed by atoms with Gasteiger partial charge in [0.15, 0.2) is 0 Å². The molecule has 0 fully saturated rings. The van der Waals surface area contributed by atoms with Crippen LogP contribution in [0.3, 0.4) is 0 Å². The number of furan rings is 1. The molecule has 0 unspecified atom stereocenters. The summed E-state index contributed by atoms with van der Waals surface area (Å²) in [7, 11) is 0. The lowest BCUT2D eigenvalue weighted by molar-refractivity contribution is 0.631. The zero-order valence-corrected chi connectivity index (χ0v) is 36.0. The highest BCUT2D eigenvalue weighted by Gasteiger charge is 2.40. The van der Waals surface area contributed by atoms with E-state index in [2.05, 4.69) is 175 Å². The summed E-state index contributed by atoms with van der Waals surface area (Å²) in [5.74, 6) is 0. The molecule has 2 aromatic heterocycles. The number of hydrogen-bond donors (Lipinski definition) is 0. The van der Waals surface area contributed by atoms with Crippen LogP contribution < -0.4 is 15.2 Å². The first-order chi connectivity index (χ1) is 31.9. The molecule has 65 heavy (non-hydrogen) atoms. The average molecular weight is 839 g/mol. The SMILES string of the molecule is CC1(C)c2cc(N(C3=CCCC=C3)c3ccccc3)ccc2N(c2c3ccccc3c(-c3ccc4c(=O)c5ccccc5oc4c3)c3ccccc23)c2cc3oc4ccccc4c3cc21. The minimum absolute atomic E-state index is 0.0237. The summed E-state index contributed by atoms with van der Waals surface area (Å²) >= 11 is 0. The number of para-hydroxylation sites is 3. The Bertz CT molecular complexity index is 3850. The van der Waals surface area contributed by atoms with Gasteiger partial charge >= 0.3 is 0 Å². The number of fused-ring (bicyclic) bond motifs is 9. The summed E-state index contributed by atoms with van der Waals surface area (Å²) in [6.07, 6.45) is 8.94. The number of rotatable bonds is 5. The summed E-state index contributed by atoms with van der Waals surface area (Å²) < 4.78 is 13.1. The third-order valence-electron chi connectivity index (χ3n) is 13.8. The second-order valence-corrected chi connectivity index (χ2v) is 17.9. The molecule has 0 spiro atoms. The molecule has 5 heteroatoms. The molecule has 0 saturated heterocycles.